The largest absolute Gasteiger partial charge is 0.455 e. The summed E-state index contributed by atoms with van der Waals surface area (Å²) < 4.78 is 6.15. The van der Waals surface area contributed by atoms with Gasteiger partial charge < -0.3 is 9.32 Å². The molecule has 0 saturated carbocycles. The molecule has 0 bridgehead atoms. The number of hydrogen-bond donors (Lipinski definition) is 0. The zero-order valence-electron chi connectivity index (χ0n) is 15.6. The van der Waals surface area contributed by atoms with Gasteiger partial charge >= 0.3 is 0 Å². The molecule has 0 aliphatic carbocycles. The van der Waals surface area contributed by atoms with Crippen molar-refractivity contribution < 1.29 is 9.21 Å². The van der Waals surface area contributed by atoms with Crippen molar-refractivity contribution in [1.82, 2.24) is 4.90 Å². The molecule has 0 saturated heterocycles. The smallest absolute Gasteiger partial charge is 0.257 e. The summed E-state index contributed by atoms with van der Waals surface area (Å²) in [5, 5.41) is 2.41. The van der Waals surface area contributed by atoms with Gasteiger partial charge in [0.15, 0.2) is 11.0 Å². The summed E-state index contributed by atoms with van der Waals surface area (Å²) in [7, 11) is 1.76. The van der Waals surface area contributed by atoms with Crippen LogP contribution in [-0.2, 0) is 6.54 Å². The van der Waals surface area contributed by atoms with E-state index in [2.05, 4.69) is 0 Å². The van der Waals surface area contributed by atoms with E-state index in [1.165, 1.54) is 0 Å². The highest BCUT2D eigenvalue weighted by molar-refractivity contribution is 7.09. The minimum Gasteiger partial charge on any atom is -0.455 e. The van der Waals surface area contributed by atoms with Gasteiger partial charge in [0.1, 0.15) is 5.76 Å². The van der Waals surface area contributed by atoms with E-state index in [9.17, 15) is 9.59 Å². The van der Waals surface area contributed by atoms with E-state index in [1.807, 2.05) is 47.8 Å². The summed E-state index contributed by atoms with van der Waals surface area (Å²) in [5.74, 6) is 0.323. The Balaban J connectivity index is 1.84. The Labute approximate surface area is 166 Å². The molecule has 0 radical (unpaired) electrons. The van der Waals surface area contributed by atoms with Gasteiger partial charge in [0.25, 0.3) is 5.91 Å². The van der Waals surface area contributed by atoms with E-state index in [0.29, 0.717) is 34.4 Å². The Morgan fingerprint density at radius 2 is 1.82 bits per heavy atom. The van der Waals surface area contributed by atoms with Crippen molar-refractivity contribution >= 4 is 28.2 Å². The molecule has 4 aromatic rings. The molecule has 4 nitrogen and oxygen atoms in total. The minimum absolute atomic E-state index is 0.115. The summed E-state index contributed by atoms with van der Waals surface area (Å²) in [6, 6.07) is 18.6. The van der Waals surface area contributed by atoms with Crippen LogP contribution in [0.1, 0.15) is 20.8 Å². The highest BCUT2D eigenvalue weighted by Crippen LogP contribution is 2.28. The molecule has 0 unspecified atom stereocenters. The highest BCUT2D eigenvalue weighted by atomic mass is 32.1. The first-order valence-corrected chi connectivity index (χ1v) is 9.84. The average molecular weight is 389 g/mol. The third-order valence-corrected chi connectivity index (χ3v) is 5.59. The van der Waals surface area contributed by atoms with Gasteiger partial charge in [0.05, 0.1) is 17.5 Å². The molecule has 28 heavy (non-hydrogen) atoms. The maximum atomic E-state index is 13.1. The van der Waals surface area contributed by atoms with Gasteiger partial charge in [0.2, 0.25) is 0 Å². The molecule has 2 heterocycles. The topological polar surface area (TPSA) is 50.5 Å². The van der Waals surface area contributed by atoms with Crippen LogP contribution < -0.4 is 5.43 Å². The molecule has 140 valence electrons. The SMILES string of the molecule is Cc1c(-c2ccccc2)oc2c(C(=O)N(C)Cc3cccs3)cccc2c1=O. The second-order valence-corrected chi connectivity index (χ2v) is 7.71. The summed E-state index contributed by atoms with van der Waals surface area (Å²) in [5.41, 5.74) is 1.96. The number of fused-ring (bicyclic) bond motifs is 1. The lowest BCUT2D eigenvalue weighted by molar-refractivity contribution is 0.0787. The molecule has 0 aliphatic heterocycles. The van der Waals surface area contributed by atoms with E-state index >= 15 is 0 Å². The summed E-state index contributed by atoms with van der Waals surface area (Å²) in [4.78, 5) is 28.8. The van der Waals surface area contributed by atoms with E-state index in [1.54, 1.807) is 48.4 Å². The van der Waals surface area contributed by atoms with E-state index in [4.69, 9.17) is 4.42 Å². The van der Waals surface area contributed by atoms with Crippen LogP contribution in [0, 0.1) is 6.92 Å². The summed E-state index contributed by atoms with van der Waals surface area (Å²) in [6.07, 6.45) is 0. The minimum atomic E-state index is -0.176. The van der Waals surface area contributed by atoms with Gasteiger partial charge in [-0.15, -0.1) is 11.3 Å². The summed E-state index contributed by atoms with van der Waals surface area (Å²) >= 11 is 1.60. The maximum absolute atomic E-state index is 13.1. The van der Waals surface area contributed by atoms with Crippen LogP contribution in [-0.4, -0.2) is 17.9 Å². The molecule has 2 aromatic heterocycles. The van der Waals surface area contributed by atoms with Crippen molar-refractivity contribution in [2.45, 2.75) is 13.5 Å². The zero-order valence-corrected chi connectivity index (χ0v) is 16.5. The lowest BCUT2D eigenvalue weighted by atomic mass is 10.0. The maximum Gasteiger partial charge on any atom is 0.257 e. The van der Waals surface area contributed by atoms with Crippen LogP contribution in [0.4, 0.5) is 0 Å². The fourth-order valence-electron chi connectivity index (χ4n) is 3.26. The van der Waals surface area contributed by atoms with Crippen LogP contribution >= 0.6 is 11.3 Å². The molecule has 0 N–H and O–H groups in total. The van der Waals surface area contributed by atoms with Crippen molar-refractivity contribution in [3.05, 3.63) is 92.3 Å². The number of nitrogens with zero attached hydrogens (tertiary/aromatic N) is 1. The summed E-state index contributed by atoms with van der Waals surface area (Å²) in [6.45, 7) is 2.26. The predicted molar refractivity (Wildman–Crippen MR) is 113 cm³/mol. The van der Waals surface area contributed by atoms with E-state index < -0.39 is 0 Å². The molecular weight excluding hydrogens is 370 g/mol. The molecule has 4 rings (SSSR count). The van der Waals surface area contributed by atoms with Gasteiger partial charge in [-0.2, -0.15) is 0 Å². The first kappa shape index (κ1) is 18.2. The fourth-order valence-corrected chi connectivity index (χ4v) is 4.01. The molecule has 0 atom stereocenters. The number of thiophene rings is 1. The standard InChI is InChI=1S/C23H19NO3S/c1-15-20(25)18-11-6-12-19(23(26)24(2)14-17-10-7-13-28-17)22(18)27-21(15)16-8-4-3-5-9-16/h3-13H,14H2,1-2H3. The predicted octanol–water partition coefficient (Wildman–Crippen LogP) is 5.10. The molecule has 0 fully saturated rings. The van der Waals surface area contributed by atoms with Crippen LogP contribution in [0.5, 0.6) is 0 Å². The lowest BCUT2D eigenvalue weighted by Crippen LogP contribution is -2.26. The quantitative estimate of drug-likeness (QED) is 0.488. The van der Waals surface area contributed by atoms with Gasteiger partial charge in [-0.3, -0.25) is 9.59 Å². The molecular formula is C23H19NO3S. The number of carbonyl (C=O) groups is 1. The van der Waals surface area contributed by atoms with Gasteiger partial charge in [-0.25, -0.2) is 0 Å². The van der Waals surface area contributed by atoms with Crippen LogP contribution in [0.2, 0.25) is 0 Å². The number of hydrogen-bond acceptors (Lipinski definition) is 4. The number of para-hydroxylation sites is 1. The normalized spacial score (nSPS) is 10.9. The lowest BCUT2D eigenvalue weighted by Gasteiger charge is -2.17. The molecule has 1 amide bonds. The third kappa shape index (κ3) is 3.25. The van der Waals surface area contributed by atoms with Gasteiger partial charge in [0, 0.05) is 23.1 Å². The first-order chi connectivity index (χ1) is 13.6. The van der Waals surface area contributed by atoms with Crippen molar-refractivity contribution in [2.75, 3.05) is 7.05 Å². The monoisotopic (exact) mass is 389 g/mol. The second-order valence-electron chi connectivity index (χ2n) is 6.67. The first-order valence-electron chi connectivity index (χ1n) is 8.96. The Bertz CT molecular complexity index is 1190. The van der Waals surface area contributed by atoms with Crippen LogP contribution in [0.15, 0.2) is 75.3 Å². The van der Waals surface area contributed by atoms with Crippen LogP contribution in [0.25, 0.3) is 22.3 Å². The number of carbonyl (C=O) groups excluding carboxylic acids is 1. The molecule has 0 spiro atoms. The Morgan fingerprint density at radius 3 is 2.54 bits per heavy atom. The highest BCUT2D eigenvalue weighted by Gasteiger charge is 2.20. The fraction of sp³-hybridized carbons (Fsp3) is 0.130. The van der Waals surface area contributed by atoms with E-state index in [-0.39, 0.29) is 11.3 Å². The number of benzene rings is 2. The third-order valence-electron chi connectivity index (χ3n) is 4.73. The Morgan fingerprint density at radius 1 is 1.04 bits per heavy atom. The van der Waals surface area contributed by atoms with Crippen molar-refractivity contribution in [3.8, 4) is 11.3 Å². The van der Waals surface area contributed by atoms with Gasteiger partial charge in [-0.1, -0.05) is 42.5 Å². The van der Waals surface area contributed by atoms with Crippen molar-refractivity contribution in [2.24, 2.45) is 0 Å². The van der Waals surface area contributed by atoms with Crippen LogP contribution in [0.3, 0.4) is 0 Å². The number of amides is 1. The van der Waals surface area contributed by atoms with Gasteiger partial charge in [-0.05, 0) is 30.5 Å². The Hall–Kier alpha value is -3.18. The number of rotatable bonds is 4. The average Bonchev–Trinajstić information content (AvgIpc) is 3.23. The Kier molecular flexibility index (Phi) is 4.84. The zero-order chi connectivity index (χ0) is 19.7. The second kappa shape index (κ2) is 7.44. The molecule has 2 aromatic carbocycles. The molecule has 5 heteroatoms. The van der Waals surface area contributed by atoms with Crippen molar-refractivity contribution in [1.29, 1.82) is 0 Å². The molecule has 0 aliphatic rings. The van der Waals surface area contributed by atoms with E-state index in [0.717, 1.165) is 10.4 Å². The van der Waals surface area contributed by atoms with Crippen molar-refractivity contribution in [3.63, 3.8) is 0 Å².